The number of carbonyl (C=O) groups is 1. The molecule has 25 heavy (non-hydrogen) atoms. The number of nitrogens with one attached hydrogen (secondary N) is 2. The van der Waals surface area contributed by atoms with Crippen LogP contribution in [-0.4, -0.2) is 12.5 Å². The lowest BCUT2D eigenvalue weighted by Crippen LogP contribution is -2.18. The summed E-state index contributed by atoms with van der Waals surface area (Å²) in [5.41, 5.74) is 2.85. The number of rotatable bonds is 6. The number of nitrogens with zero attached hydrogens (tertiary/aromatic N) is 1. The molecule has 0 spiro atoms. The molecular weight excluding hydrogens is 357 g/mol. The Balaban J connectivity index is 1.90. The van der Waals surface area contributed by atoms with Gasteiger partial charge in [0.15, 0.2) is 0 Å². The van der Waals surface area contributed by atoms with E-state index in [2.05, 4.69) is 34.9 Å². The van der Waals surface area contributed by atoms with Gasteiger partial charge in [0.05, 0.1) is 10.0 Å². The van der Waals surface area contributed by atoms with E-state index >= 15 is 0 Å². The smallest absolute Gasteiger partial charge is 0.267 e. The molecule has 0 fully saturated rings. The third-order valence-corrected chi connectivity index (χ3v) is 4.21. The van der Waals surface area contributed by atoms with Gasteiger partial charge in [0, 0.05) is 18.4 Å². The molecule has 2 rings (SSSR count). The van der Waals surface area contributed by atoms with E-state index in [9.17, 15) is 4.79 Å². The fourth-order valence-corrected chi connectivity index (χ4v) is 2.36. The first-order valence-electron chi connectivity index (χ1n) is 7.65. The summed E-state index contributed by atoms with van der Waals surface area (Å²) in [7, 11) is 0. The zero-order valence-corrected chi connectivity index (χ0v) is 15.2. The Labute approximate surface area is 157 Å². The molecule has 2 aromatic rings. The van der Waals surface area contributed by atoms with Crippen LogP contribution in [0.1, 0.15) is 11.1 Å². The molecule has 0 saturated carbocycles. The van der Waals surface area contributed by atoms with E-state index in [4.69, 9.17) is 28.5 Å². The highest BCUT2D eigenvalue weighted by Crippen LogP contribution is 2.25. The predicted molar refractivity (Wildman–Crippen MR) is 102 cm³/mol. The third kappa shape index (κ3) is 5.82. The van der Waals surface area contributed by atoms with E-state index in [1.807, 2.05) is 13.0 Å². The number of nitriles is 1. The lowest BCUT2D eigenvalue weighted by Gasteiger charge is -2.06. The molecule has 0 unspecified atom stereocenters. The molecule has 6 heteroatoms. The van der Waals surface area contributed by atoms with Gasteiger partial charge in [0.25, 0.3) is 5.91 Å². The second-order valence-electron chi connectivity index (χ2n) is 5.44. The SMILES string of the molecule is Cc1ccc(CCN/C=C(/C#N)C(=O)Nc2ccc(Cl)c(Cl)c2)cc1. The molecule has 0 radical (unpaired) electrons. The molecular formula is C19H17Cl2N3O. The van der Waals surface area contributed by atoms with Gasteiger partial charge < -0.3 is 10.6 Å². The fraction of sp³-hybridized carbons (Fsp3) is 0.158. The second-order valence-corrected chi connectivity index (χ2v) is 6.26. The minimum absolute atomic E-state index is 0.0185. The Morgan fingerprint density at radius 2 is 1.88 bits per heavy atom. The Kier molecular flexibility index (Phi) is 6.88. The van der Waals surface area contributed by atoms with Crippen LogP contribution in [0.4, 0.5) is 5.69 Å². The quantitative estimate of drug-likeness (QED) is 0.445. The van der Waals surface area contributed by atoms with Crippen LogP contribution in [0, 0.1) is 18.3 Å². The zero-order chi connectivity index (χ0) is 18.2. The number of benzene rings is 2. The van der Waals surface area contributed by atoms with Gasteiger partial charge in [-0.2, -0.15) is 5.26 Å². The number of halogens is 2. The maximum Gasteiger partial charge on any atom is 0.267 e. The van der Waals surface area contributed by atoms with Crippen molar-refractivity contribution in [1.29, 1.82) is 5.26 Å². The minimum atomic E-state index is -0.510. The van der Waals surface area contributed by atoms with Crippen molar-refractivity contribution in [2.75, 3.05) is 11.9 Å². The standard InChI is InChI=1S/C19H17Cl2N3O/c1-13-2-4-14(5-3-13)8-9-23-12-15(11-22)19(25)24-16-6-7-17(20)18(21)10-16/h2-7,10,12,23H,8-9H2,1H3,(H,24,25)/b15-12-. The van der Waals surface area contributed by atoms with E-state index in [1.165, 1.54) is 23.4 Å². The van der Waals surface area contributed by atoms with Crippen LogP contribution in [0.15, 0.2) is 54.2 Å². The van der Waals surface area contributed by atoms with Crippen LogP contribution in [0.2, 0.25) is 10.0 Å². The summed E-state index contributed by atoms with van der Waals surface area (Å²) in [6.07, 6.45) is 2.21. The van der Waals surface area contributed by atoms with Crippen molar-refractivity contribution in [2.24, 2.45) is 0 Å². The maximum absolute atomic E-state index is 12.1. The van der Waals surface area contributed by atoms with Crippen LogP contribution in [-0.2, 0) is 11.2 Å². The first kappa shape index (κ1) is 18.9. The van der Waals surface area contributed by atoms with E-state index in [0.717, 1.165) is 6.42 Å². The lowest BCUT2D eigenvalue weighted by atomic mass is 10.1. The van der Waals surface area contributed by atoms with Crippen molar-refractivity contribution in [1.82, 2.24) is 5.32 Å². The van der Waals surface area contributed by atoms with Gasteiger partial charge in [0.2, 0.25) is 0 Å². The average Bonchev–Trinajstić information content (AvgIpc) is 2.59. The number of carbonyl (C=O) groups excluding carboxylic acids is 1. The normalized spacial score (nSPS) is 10.9. The van der Waals surface area contributed by atoms with Gasteiger partial charge in [0.1, 0.15) is 11.6 Å². The zero-order valence-electron chi connectivity index (χ0n) is 13.6. The average molecular weight is 374 g/mol. The Bertz CT molecular complexity index is 824. The van der Waals surface area contributed by atoms with Gasteiger partial charge in [-0.1, -0.05) is 53.0 Å². The van der Waals surface area contributed by atoms with Gasteiger partial charge in [-0.3, -0.25) is 4.79 Å². The minimum Gasteiger partial charge on any atom is -0.389 e. The molecule has 2 N–H and O–H groups in total. The monoisotopic (exact) mass is 373 g/mol. The summed E-state index contributed by atoms with van der Waals surface area (Å²) >= 11 is 11.7. The first-order valence-corrected chi connectivity index (χ1v) is 8.41. The largest absolute Gasteiger partial charge is 0.389 e. The Hall–Kier alpha value is -2.48. The lowest BCUT2D eigenvalue weighted by molar-refractivity contribution is -0.112. The van der Waals surface area contributed by atoms with E-state index in [1.54, 1.807) is 12.1 Å². The fourth-order valence-electron chi connectivity index (χ4n) is 2.07. The Morgan fingerprint density at radius 1 is 1.16 bits per heavy atom. The molecule has 0 atom stereocenters. The molecule has 0 saturated heterocycles. The number of anilines is 1. The molecule has 0 bridgehead atoms. The molecule has 1 amide bonds. The van der Waals surface area contributed by atoms with E-state index < -0.39 is 5.91 Å². The summed E-state index contributed by atoms with van der Waals surface area (Å²) in [5.74, 6) is -0.510. The third-order valence-electron chi connectivity index (χ3n) is 3.47. The highest BCUT2D eigenvalue weighted by Gasteiger charge is 2.10. The molecule has 4 nitrogen and oxygen atoms in total. The van der Waals surface area contributed by atoms with Crippen molar-refractivity contribution < 1.29 is 4.79 Å². The first-order chi connectivity index (χ1) is 12.0. The molecule has 0 heterocycles. The van der Waals surface area contributed by atoms with Gasteiger partial charge in [-0.15, -0.1) is 0 Å². The van der Waals surface area contributed by atoms with Crippen molar-refractivity contribution >= 4 is 34.8 Å². The predicted octanol–water partition coefficient (Wildman–Crippen LogP) is 4.48. The van der Waals surface area contributed by atoms with Crippen molar-refractivity contribution in [2.45, 2.75) is 13.3 Å². The molecule has 0 aliphatic carbocycles. The highest BCUT2D eigenvalue weighted by atomic mass is 35.5. The van der Waals surface area contributed by atoms with Crippen molar-refractivity contribution in [3.05, 3.63) is 75.4 Å². The van der Waals surface area contributed by atoms with Crippen molar-refractivity contribution in [3.63, 3.8) is 0 Å². The molecule has 0 aliphatic heterocycles. The Morgan fingerprint density at radius 3 is 2.52 bits per heavy atom. The summed E-state index contributed by atoms with van der Waals surface area (Å²) < 4.78 is 0. The number of hydrogen-bond donors (Lipinski definition) is 2. The maximum atomic E-state index is 12.1. The summed E-state index contributed by atoms with van der Waals surface area (Å²) in [4.78, 5) is 12.1. The number of hydrogen-bond acceptors (Lipinski definition) is 3. The number of aryl methyl sites for hydroxylation is 1. The molecule has 128 valence electrons. The van der Waals surface area contributed by atoms with Crippen LogP contribution in [0.5, 0.6) is 0 Å². The highest BCUT2D eigenvalue weighted by molar-refractivity contribution is 6.42. The van der Waals surface area contributed by atoms with E-state index in [0.29, 0.717) is 22.3 Å². The number of amides is 1. The second kappa shape index (κ2) is 9.12. The van der Waals surface area contributed by atoms with Crippen LogP contribution >= 0.6 is 23.2 Å². The van der Waals surface area contributed by atoms with Gasteiger partial charge in [-0.05, 0) is 37.1 Å². The summed E-state index contributed by atoms with van der Waals surface area (Å²) in [5, 5.41) is 15.5. The van der Waals surface area contributed by atoms with Crippen molar-refractivity contribution in [3.8, 4) is 6.07 Å². The summed E-state index contributed by atoms with van der Waals surface area (Å²) in [6, 6.07) is 14.8. The van der Waals surface area contributed by atoms with E-state index in [-0.39, 0.29) is 5.57 Å². The molecule has 2 aromatic carbocycles. The molecule has 0 aliphatic rings. The van der Waals surface area contributed by atoms with Crippen LogP contribution in [0.25, 0.3) is 0 Å². The molecule has 0 aromatic heterocycles. The van der Waals surface area contributed by atoms with Gasteiger partial charge in [-0.25, -0.2) is 0 Å². The van der Waals surface area contributed by atoms with Crippen LogP contribution < -0.4 is 10.6 Å². The van der Waals surface area contributed by atoms with Gasteiger partial charge >= 0.3 is 0 Å². The topological polar surface area (TPSA) is 64.9 Å². The summed E-state index contributed by atoms with van der Waals surface area (Å²) in [6.45, 7) is 2.66. The van der Waals surface area contributed by atoms with Crippen LogP contribution in [0.3, 0.4) is 0 Å².